The summed E-state index contributed by atoms with van der Waals surface area (Å²) in [6, 6.07) is 15.6. The van der Waals surface area contributed by atoms with Crippen LogP contribution in [0.4, 0.5) is 11.9 Å². The van der Waals surface area contributed by atoms with Gasteiger partial charge in [0.05, 0.1) is 22.3 Å². The number of rotatable bonds is 12. The first-order valence-corrected chi connectivity index (χ1v) is 23.0. The van der Waals surface area contributed by atoms with Gasteiger partial charge >= 0.3 is 11.9 Å². The number of piperazine rings is 2. The van der Waals surface area contributed by atoms with Crippen LogP contribution < -0.4 is 20.3 Å². The second-order valence-electron chi connectivity index (χ2n) is 19.2. The van der Waals surface area contributed by atoms with Crippen molar-refractivity contribution in [2.24, 2.45) is 5.73 Å². The van der Waals surface area contributed by atoms with E-state index in [4.69, 9.17) is 30.2 Å². The molecule has 2 amide bonds. The maximum atomic E-state index is 13.6. The lowest BCUT2D eigenvalue weighted by Gasteiger charge is -2.33. The van der Waals surface area contributed by atoms with E-state index in [2.05, 4.69) is 82.5 Å². The molecule has 0 aliphatic carbocycles. The van der Waals surface area contributed by atoms with Crippen LogP contribution in [0.3, 0.4) is 0 Å². The Morgan fingerprint density at radius 2 is 1.52 bits per heavy atom. The van der Waals surface area contributed by atoms with Gasteiger partial charge in [-0.25, -0.2) is 24.7 Å². The summed E-state index contributed by atoms with van der Waals surface area (Å²) in [6.45, 7) is 16.0. The quantitative estimate of drug-likeness (QED) is 0.140. The molecule has 3 aromatic carbocycles. The number of primary amides is 1. The number of fused-ring (bicyclic) bond motifs is 3. The highest BCUT2D eigenvalue weighted by atomic mass is 16.6. The number of nitrogens with two attached hydrogens (primary N) is 1. The molecule has 4 aliphatic heterocycles. The van der Waals surface area contributed by atoms with Crippen molar-refractivity contribution in [3.63, 3.8) is 0 Å². The van der Waals surface area contributed by atoms with Crippen LogP contribution in [0.1, 0.15) is 77.6 Å². The van der Waals surface area contributed by atoms with Gasteiger partial charge in [0, 0.05) is 113 Å². The molecule has 2 atom stereocenters. The van der Waals surface area contributed by atoms with Crippen LogP contribution in [0, 0.1) is 0 Å². The normalized spacial score (nSPS) is 19.1. The first-order valence-electron chi connectivity index (χ1n) is 23.0. The van der Waals surface area contributed by atoms with E-state index in [-0.39, 0.29) is 42.4 Å². The van der Waals surface area contributed by atoms with Crippen molar-refractivity contribution < 1.29 is 28.7 Å². The molecule has 5 aromatic rings. The number of carbonyl (C=O) groups excluding carboxylic acids is 4. The van der Waals surface area contributed by atoms with Gasteiger partial charge in [0.1, 0.15) is 17.9 Å². The summed E-state index contributed by atoms with van der Waals surface area (Å²) in [5.74, 6) is -0.714. The Morgan fingerprint density at radius 3 is 2.23 bits per heavy atom. The second-order valence-corrected chi connectivity index (χ2v) is 19.2. The molecule has 0 bridgehead atoms. The van der Waals surface area contributed by atoms with E-state index in [1.807, 2.05) is 12.3 Å². The fourth-order valence-electron chi connectivity index (χ4n) is 9.34. The highest BCUT2D eigenvalue weighted by Crippen LogP contribution is 2.33. The summed E-state index contributed by atoms with van der Waals surface area (Å²) in [6.07, 6.45) is 2.31. The summed E-state index contributed by atoms with van der Waals surface area (Å²) >= 11 is 0. The van der Waals surface area contributed by atoms with E-state index in [1.54, 1.807) is 30.3 Å². The Hall–Kier alpha value is -6.30. The minimum Gasteiger partial charge on any atom is -0.489 e. The molecule has 346 valence electrons. The van der Waals surface area contributed by atoms with Gasteiger partial charge in [0.2, 0.25) is 17.8 Å². The smallest absolute Gasteiger partial charge is 0.345 e. The number of nitrogens with zero attached hydrogens (tertiary/aromatic N) is 10. The molecule has 4 aliphatic rings. The SMILES string of the molecule is CN1CCN(c2ncc3cc(CN4CC[C@H](Oc5ccc6c(c5)CN([C@@H](CCC(=O)OC(=O)c5ccc7nc(N8CCN(C)CC8)nc(C(C)(C)C)c7c5)C(N)=O)C6=O)C4)ccc3n2)CC1. The van der Waals surface area contributed by atoms with Crippen LogP contribution in [0.5, 0.6) is 5.75 Å². The van der Waals surface area contributed by atoms with E-state index in [9.17, 15) is 19.2 Å². The van der Waals surface area contributed by atoms with Gasteiger partial charge in [-0.3, -0.25) is 19.3 Å². The average molecular weight is 898 g/mol. The molecule has 3 fully saturated rings. The van der Waals surface area contributed by atoms with Crippen LogP contribution in [-0.4, -0.2) is 155 Å². The molecule has 0 unspecified atom stereocenters. The number of ether oxygens (including phenoxy) is 2. The number of amides is 2. The van der Waals surface area contributed by atoms with Crippen molar-refractivity contribution in [3.05, 3.63) is 88.7 Å². The Morgan fingerprint density at radius 1 is 0.818 bits per heavy atom. The first-order chi connectivity index (χ1) is 31.6. The summed E-state index contributed by atoms with van der Waals surface area (Å²) < 4.78 is 11.7. The Labute approximate surface area is 384 Å². The molecular formula is C49H59N11O6. The van der Waals surface area contributed by atoms with Crippen molar-refractivity contribution >= 4 is 57.5 Å². The van der Waals surface area contributed by atoms with Crippen molar-refractivity contribution in [1.82, 2.24) is 39.5 Å². The van der Waals surface area contributed by atoms with Gasteiger partial charge in [-0.15, -0.1) is 0 Å². The van der Waals surface area contributed by atoms with E-state index in [0.29, 0.717) is 33.7 Å². The highest BCUT2D eigenvalue weighted by Gasteiger charge is 2.37. The maximum absolute atomic E-state index is 13.6. The third-order valence-corrected chi connectivity index (χ3v) is 13.2. The maximum Gasteiger partial charge on any atom is 0.345 e. The van der Waals surface area contributed by atoms with Crippen LogP contribution in [0.2, 0.25) is 0 Å². The van der Waals surface area contributed by atoms with E-state index >= 15 is 0 Å². The van der Waals surface area contributed by atoms with E-state index < -0.39 is 23.9 Å². The standard InChI is InChI=1S/C49H59N11O6/c1-49(2,3)43-38-26-32(7-11-40(38)53-48(54-43)59-22-18-56(5)19-23-59)46(64)66-42(61)13-12-41(44(50)62)60-29-34-25-35(8-9-37(34)45(60)63)65-36-14-15-57(30-36)28-31-6-10-39-33(24-31)27-51-47(52-39)58-20-16-55(4)17-21-58/h6-11,24-27,36,41H,12-23,28-30H2,1-5H3,(H2,50,62)/t36-,41-/m0/s1. The molecule has 2 aromatic heterocycles. The fraction of sp³-hybridized carbons (Fsp3) is 0.469. The highest BCUT2D eigenvalue weighted by molar-refractivity contribution is 6.02. The van der Waals surface area contributed by atoms with Gasteiger partial charge in [-0.2, -0.15) is 0 Å². The number of esters is 2. The number of aromatic nitrogens is 4. The Kier molecular flexibility index (Phi) is 12.6. The number of benzene rings is 3. The Balaban J connectivity index is 0.780. The lowest BCUT2D eigenvalue weighted by Crippen LogP contribution is -2.45. The molecule has 9 rings (SSSR count). The molecule has 17 nitrogen and oxygen atoms in total. The summed E-state index contributed by atoms with van der Waals surface area (Å²) in [5, 5.41) is 1.72. The third kappa shape index (κ3) is 9.78. The fourth-order valence-corrected chi connectivity index (χ4v) is 9.34. The molecule has 17 heteroatoms. The summed E-state index contributed by atoms with van der Waals surface area (Å²) in [4.78, 5) is 84.9. The first kappa shape index (κ1) is 44.9. The zero-order valence-electron chi connectivity index (χ0n) is 38.5. The van der Waals surface area contributed by atoms with Crippen LogP contribution >= 0.6 is 0 Å². The van der Waals surface area contributed by atoms with Gasteiger partial charge in [-0.1, -0.05) is 26.8 Å². The van der Waals surface area contributed by atoms with Gasteiger partial charge in [0.25, 0.3) is 5.91 Å². The minimum absolute atomic E-state index is 0.0400. The number of hydrogen-bond acceptors (Lipinski definition) is 15. The van der Waals surface area contributed by atoms with Crippen LogP contribution in [-0.2, 0) is 32.8 Å². The topological polar surface area (TPSA) is 184 Å². The van der Waals surface area contributed by atoms with E-state index in [0.717, 1.165) is 101 Å². The number of likely N-dealkylation sites (tertiary alicyclic amines) is 1. The monoisotopic (exact) mass is 897 g/mol. The van der Waals surface area contributed by atoms with Crippen molar-refractivity contribution in [2.45, 2.75) is 70.7 Å². The molecule has 2 N–H and O–H groups in total. The number of carbonyl (C=O) groups is 4. The number of hydrogen-bond donors (Lipinski definition) is 1. The summed E-state index contributed by atoms with van der Waals surface area (Å²) in [7, 11) is 4.23. The molecule has 0 spiro atoms. The van der Waals surface area contributed by atoms with Crippen molar-refractivity contribution in [2.75, 3.05) is 89.3 Å². The second kappa shape index (κ2) is 18.5. The number of anilines is 2. The minimum atomic E-state index is -1.09. The van der Waals surface area contributed by atoms with Crippen LogP contribution in [0.25, 0.3) is 21.8 Å². The predicted octanol–water partition coefficient (Wildman–Crippen LogP) is 4.00. The zero-order chi connectivity index (χ0) is 46.3. The lowest BCUT2D eigenvalue weighted by atomic mass is 9.88. The molecule has 3 saturated heterocycles. The molecule has 66 heavy (non-hydrogen) atoms. The van der Waals surface area contributed by atoms with Crippen molar-refractivity contribution in [3.8, 4) is 5.75 Å². The average Bonchev–Trinajstić information content (AvgIpc) is 3.87. The van der Waals surface area contributed by atoms with Gasteiger partial charge in [0.15, 0.2) is 0 Å². The van der Waals surface area contributed by atoms with Gasteiger partial charge < -0.3 is 39.7 Å². The van der Waals surface area contributed by atoms with Crippen LogP contribution in [0.15, 0.2) is 60.8 Å². The predicted molar refractivity (Wildman–Crippen MR) is 250 cm³/mol. The largest absolute Gasteiger partial charge is 0.489 e. The third-order valence-electron chi connectivity index (χ3n) is 13.2. The Bertz CT molecular complexity index is 2670. The number of likely N-dealkylation sites (N-methyl/N-ethyl adjacent to an activating group) is 2. The summed E-state index contributed by atoms with van der Waals surface area (Å²) in [5.41, 5.74) is 10.4. The molecular weight excluding hydrogens is 839 g/mol. The molecule has 0 radical (unpaired) electrons. The van der Waals surface area contributed by atoms with E-state index in [1.165, 1.54) is 10.5 Å². The van der Waals surface area contributed by atoms with Crippen molar-refractivity contribution in [1.29, 1.82) is 0 Å². The molecule has 6 heterocycles. The molecule has 0 saturated carbocycles. The van der Waals surface area contributed by atoms with Gasteiger partial charge in [-0.05, 0) is 86.6 Å². The zero-order valence-corrected chi connectivity index (χ0v) is 38.5. The lowest BCUT2D eigenvalue weighted by molar-refractivity contribution is -0.138.